The van der Waals surface area contributed by atoms with Crippen LogP contribution in [0.2, 0.25) is 0 Å². The van der Waals surface area contributed by atoms with Crippen LogP contribution in [0.15, 0.2) is 53.7 Å². The lowest BCUT2D eigenvalue weighted by molar-refractivity contribution is -0.140. The second-order valence-electron chi connectivity index (χ2n) is 6.79. The Bertz CT molecular complexity index is 950. The molecule has 29 heavy (non-hydrogen) atoms. The third-order valence-electron chi connectivity index (χ3n) is 4.60. The van der Waals surface area contributed by atoms with E-state index in [4.69, 9.17) is 9.47 Å². The van der Waals surface area contributed by atoms with Crippen molar-refractivity contribution in [2.75, 3.05) is 6.61 Å². The minimum absolute atomic E-state index is 0.0138. The van der Waals surface area contributed by atoms with E-state index in [2.05, 4.69) is 10.6 Å². The number of hydrogen-bond acceptors (Lipinski definition) is 5. The molecule has 7 heteroatoms. The van der Waals surface area contributed by atoms with Gasteiger partial charge in [0.25, 0.3) is 0 Å². The minimum Gasteiger partial charge on any atom is -0.504 e. The van der Waals surface area contributed by atoms with Crippen molar-refractivity contribution in [2.24, 2.45) is 0 Å². The zero-order valence-corrected chi connectivity index (χ0v) is 16.6. The van der Waals surface area contributed by atoms with Crippen LogP contribution in [0.4, 0.5) is 4.79 Å². The molecule has 0 aromatic heterocycles. The summed E-state index contributed by atoms with van der Waals surface area (Å²) in [4.78, 5) is 24.9. The largest absolute Gasteiger partial charge is 0.504 e. The number of carbonyl (C=O) groups is 2. The van der Waals surface area contributed by atoms with Crippen molar-refractivity contribution in [3.05, 3.63) is 70.4 Å². The van der Waals surface area contributed by atoms with E-state index >= 15 is 0 Å². The summed E-state index contributed by atoms with van der Waals surface area (Å²) in [6, 6.07) is 11.3. The first-order valence-electron chi connectivity index (χ1n) is 9.35. The number of amides is 2. The number of aryl methyl sites for hydroxylation is 1. The molecule has 7 nitrogen and oxygen atoms in total. The molecule has 3 rings (SSSR count). The van der Waals surface area contributed by atoms with Crippen LogP contribution in [-0.2, 0) is 16.1 Å². The maximum atomic E-state index is 12.9. The number of allylic oxidation sites excluding steroid dienone is 1. The molecule has 152 valence electrons. The van der Waals surface area contributed by atoms with E-state index in [1.807, 2.05) is 31.2 Å². The highest BCUT2D eigenvalue weighted by molar-refractivity contribution is 5.95. The number of benzene rings is 2. The summed E-state index contributed by atoms with van der Waals surface area (Å²) in [5.74, 6) is -0.269. The lowest BCUT2D eigenvalue weighted by atomic mass is 9.95. The number of phenolic OH excluding ortho intramolecular Hbond substituents is 1. The first-order valence-corrected chi connectivity index (χ1v) is 9.35. The molecule has 1 aliphatic rings. The van der Waals surface area contributed by atoms with Crippen molar-refractivity contribution in [1.29, 1.82) is 0 Å². The summed E-state index contributed by atoms with van der Waals surface area (Å²) in [6.07, 6.45) is 0. The molecule has 0 aliphatic carbocycles. The fourth-order valence-corrected chi connectivity index (χ4v) is 3.11. The molecule has 1 aliphatic heterocycles. The number of rotatable bonds is 6. The quantitative estimate of drug-likeness (QED) is 0.650. The van der Waals surface area contributed by atoms with Crippen LogP contribution in [0, 0.1) is 6.92 Å². The van der Waals surface area contributed by atoms with Crippen LogP contribution in [0.1, 0.15) is 36.6 Å². The highest BCUT2D eigenvalue weighted by Gasteiger charge is 2.32. The Hall–Kier alpha value is -3.48. The van der Waals surface area contributed by atoms with Gasteiger partial charge in [0.2, 0.25) is 0 Å². The lowest BCUT2D eigenvalue weighted by Gasteiger charge is -2.28. The van der Waals surface area contributed by atoms with Gasteiger partial charge in [0, 0.05) is 5.70 Å². The first kappa shape index (κ1) is 20.3. The molecule has 2 aromatic rings. The van der Waals surface area contributed by atoms with Gasteiger partial charge in [0.15, 0.2) is 11.5 Å². The van der Waals surface area contributed by atoms with Crippen LogP contribution < -0.4 is 15.4 Å². The fraction of sp³-hybridized carbons (Fsp3) is 0.273. The number of aromatic hydroxyl groups is 1. The number of phenols is 1. The van der Waals surface area contributed by atoms with E-state index in [0.29, 0.717) is 23.4 Å². The summed E-state index contributed by atoms with van der Waals surface area (Å²) >= 11 is 0. The van der Waals surface area contributed by atoms with Gasteiger partial charge in [-0.25, -0.2) is 9.59 Å². The van der Waals surface area contributed by atoms with Gasteiger partial charge in [-0.05, 0) is 44.0 Å². The Morgan fingerprint density at radius 1 is 1.14 bits per heavy atom. The first-order chi connectivity index (χ1) is 13.9. The summed E-state index contributed by atoms with van der Waals surface area (Å²) in [7, 11) is 0. The Kier molecular flexibility index (Phi) is 6.07. The number of ether oxygens (including phenoxy) is 2. The van der Waals surface area contributed by atoms with Gasteiger partial charge in [-0.1, -0.05) is 35.9 Å². The van der Waals surface area contributed by atoms with Crippen LogP contribution in [0.5, 0.6) is 11.5 Å². The van der Waals surface area contributed by atoms with Crippen molar-refractivity contribution in [1.82, 2.24) is 10.6 Å². The number of esters is 1. The fourth-order valence-electron chi connectivity index (χ4n) is 3.11. The standard InChI is InChI=1S/C22H24N2O5/c1-4-28-18-11-16(9-10-17(18)25)20-19(14(3)23-22(27)24-20)21(26)29-12-15-7-5-13(2)6-8-15/h5-11,20,25H,4,12H2,1-3H3,(H2,23,24,27)/t20-/m0/s1. The molecule has 1 atom stereocenters. The lowest BCUT2D eigenvalue weighted by Crippen LogP contribution is -2.45. The molecule has 0 spiro atoms. The second-order valence-corrected chi connectivity index (χ2v) is 6.79. The molecule has 2 amide bonds. The molecule has 0 bridgehead atoms. The molecule has 1 heterocycles. The SMILES string of the molecule is CCOc1cc([C@@H]2NC(=O)NC(C)=C2C(=O)OCc2ccc(C)cc2)ccc1O. The van der Waals surface area contributed by atoms with Crippen LogP contribution in [0.25, 0.3) is 0 Å². The molecule has 3 N–H and O–H groups in total. The van der Waals surface area contributed by atoms with Gasteiger partial charge in [-0.15, -0.1) is 0 Å². The number of hydrogen-bond donors (Lipinski definition) is 3. The van der Waals surface area contributed by atoms with E-state index in [0.717, 1.165) is 11.1 Å². The van der Waals surface area contributed by atoms with E-state index in [9.17, 15) is 14.7 Å². The minimum atomic E-state index is -0.728. The maximum Gasteiger partial charge on any atom is 0.338 e. The monoisotopic (exact) mass is 396 g/mol. The van der Waals surface area contributed by atoms with Crippen LogP contribution >= 0.6 is 0 Å². The normalized spacial score (nSPS) is 16.1. The van der Waals surface area contributed by atoms with Crippen molar-refractivity contribution in [3.63, 3.8) is 0 Å². The Morgan fingerprint density at radius 2 is 1.86 bits per heavy atom. The third kappa shape index (κ3) is 4.68. The molecule has 0 fully saturated rings. The maximum absolute atomic E-state index is 12.9. The van der Waals surface area contributed by atoms with E-state index in [-0.39, 0.29) is 18.1 Å². The molecular weight excluding hydrogens is 372 g/mol. The average Bonchev–Trinajstić information content (AvgIpc) is 2.68. The number of urea groups is 1. The Balaban J connectivity index is 1.86. The number of carbonyl (C=O) groups excluding carboxylic acids is 2. The van der Waals surface area contributed by atoms with Crippen molar-refractivity contribution in [3.8, 4) is 11.5 Å². The molecular formula is C22H24N2O5. The highest BCUT2D eigenvalue weighted by Crippen LogP contribution is 2.34. The van der Waals surface area contributed by atoms with Gasteiger partial charge >= 0.3 is 12.0 Å². The highest BCUT2D eigenvalue weighted by atomic mass is 16.5. The van der Waals surface area contributed by atoms with Gasteiger partial charge < -0.3 is 25.2 Å². The van der Waals surface area contributed by atoms with Gasteiger partial charge in [-0.3, -0.25) is 0 Å². The predicted molar refractivity (Wildman–Crippen MR) is 107 cm³/mol. The molecule has 0 unspecified atom stereocenters. The summed E-state index contributed by atoms with van der Waals surface area (Å²) in [5.41, 5.74) is 3.30. The van der Waals surface area contributed by atoms with Gasteiger partial charge in [-0.2, -0.15) is 0 Å². The average molecular weight is 396 g/mol. The van der Waals surface area contributed by atoms with Crippen LogP contribution in [0.3, 0.4) is 0 Å². The van der Waals surface area contributed by atoms with E-state index in [1.54, 1.807) is 26.0 Å². The summed E-state index contributed by atoms with van der Waals surface area (Å²) in [6.45, 7) is 5.93. The molecule has 2 aromatic carbocycles. The molecule has 0 saturated carbocycles. The third-order valence-corrected chi connectivity index (χ3v) is 4.60. The van der Waals surface area contributed by atoms with E-state index < -0.39 is 18.0 Å². The predicted octanol–water partition coefficient (Wildman–Crippen LogP) is 3.47. The second kappa shape index (κ2) is 8.68. The van der Waals surface area contributed by atoms with Crippen molar-refractivity contribution < 1.29 is 24.2 Å². The summed E-state index contributed by atoms with van der Waals surface area (Å²) < 4.78 is 10.9. The van der Waals surface area contributed by atoms with Crippen molar-refractivity contribution in [2.45, 2.75) is 33.4 Å². The van der Waals surface area contributed by atoms with Crippen LogP contribution in [-0.4, -0.2) is 23.7 Å². The number of nitrogens with one attached hydrogen (secondary N) is 2. The zero-order valence-electron chi connectivity index (χ0n) is 16.6. The van der Waals surface area contributed by atoms with Gasteiger partial charge in [0.1, 0.15) is 6.61 Å². The summed E-state index contributed by atoms with van der Waals surface area (Å²) in [5, 5.41) is 15.3. The van der Waals surface area contributed by atoms with Gasteiger partial charge in [0.05, 0.1) is 18.2 Å². The molecule has 0 radical (unpaired) electrons. The smallest absolute Gasteiger partial charge is 0.338 e. The Labute approximate surface area is 169 Å². The Morgan fingerprint density at radius 3 is 2.55 bits per heavy atom. The van der Waals surface area contributed by atoms with Crippen molar-refractivity contribution >= 4 is 12.0 Å². The topological polar surface area (TPSA) is 96.9 Å². The van der Waals surface area contributed by atoms with E-state index in [1.165, 1.54) is 6.07 Å². The molecule has 0 saturated heterocycles. The zero-order chi connectivity index (χ0) is 21.0.